The molecule has 7 heteroatoms. The number of furan rings is 1. The number of amides is 1. The molecular weight excluding hydrogens is 414 g/mol. The van der Waals surface area contributed by atoms with Crippen molar-refractivity contribution >= 4 is 15.7 Å². The van der Waals surface area contributed by atoms with Gasteiger partial charge in [0.05, 0.1) is 11.5 Å². The van der Waals surface area contributed by atoms with Crippen molar-refractivity contribution in [2.45, 2.75) is 23.8 Å². The Balaban J connectivity index is 1.26. The minimum Gasteiger partial charge on any atom is -0.484 e. The molecule has 0 radical (unpaired) electrons. The summed E-state index contributed by atoms with van der Waals surface area (Å²) >= 11 is 0. The van der Waals surface area contributed by atoms with E-state index in [4.69, 9.17) is 9.15 Å². The van der Waals surface area contributed by atoms with Crippen molar-refractivity contribution in [1.82, 2.24) is 4.90 Å². The van der Waals surface area contributed by atoms with Crippen molar-refractivity contribution in [3.63, 3.8) is 0 Å². The van der Waals surface area contributed by atoms with Crippen LogP contribution >= 0.6 is 0 Å². The highest BCUT2D eigenvalue weighted by molar-refractivity contribution is 7.91. The zero-order chi connectivity index (χ0) is 21.7. The van der Waals surface area contributed by atoms with Crippen molar-refractivity contribution < 1.29 is 22.4 Å². The average molecular weight is 440 g/mol. The molecule has 0 bridgehead atoms. The van der Waals surface area contributed by atoms with E-state index in [1.165, 1.54) is 6.26 Å². The molecule has 2 aromatic carbocycles. The van der Waals surface area contributed by atoms with E-state index in [-0.39, 0.29) is 18.3 Å². The molecule has 1 fully saturated rings. The first kappa shape index (κ1) is 21.2. The minimum atomic E-state index is -3.30. The molecule has 0 atom stereocenters. The number of likely N-dealkylation sites (tertiary alicyclic amines) is 1. The highest BCUT2D eigenvalue weighted by Gasteiger charge is 2.32. The molecule has 0 aliphatic carbocycles. The zero-order valence-electron chi connectivity index (χ0n) is 17.1. The Bertz CT molecular complexity index is 1080. The van der Waals surface area contributed by atoms with Gasteiger partial charge in [-0.3, -0.25) is 4.79 Å². The standard InChI is InChI=1S/C24H25NO5S/c26-24(17-30-21-10-8-20(9-11-21)19-5-2-1-3-6-19)25-14-12-23(13-15-25)31(27,28)18-22-7-4-16-29-22/h1-11,16,23H,12-15,17-18H2. The van der Waals surface area contributed by atoms with Crippen LogP contribution in [0.1, 0.15) is 18.6 Å². The molecule has 0 saturated carbocycles. The first-order valence-electron chi connectivity index (χ1n) is 10.3. The van der Waals surface area contributed by atoms with Gasteiger partial charge in [-0.05, 0) is 48.2 Å². The fraction of sp³-hybridized carbons (Fsp3) is 0.292. The molecular formula is C24H25NO5S. The van der Waals surface area contributed by atoms with Crippen molar-refractivity contribution in [3.05, 3.63) is 78.8 Å². The summed E-state index contributed by atoms with van der Waals surface area (Å²) in [6.45, 7) is 0.767. The normalized spacial score (nSPS) is 15.0. The molecule has 0 spiro atoms. The molecule has 6 nitrogen and oxygen atoms in total. The van der Waals surface area contributed by atoms with E-state index >= 15 is 0 Å². The van der Waals surface area contributed by atoms with E-state index in [0.717, 1.165) is 11.1 Å². The monoisotopic (exact) mass is 439 g/mol. The number of carbonyl (C=O) groups excluding carboxylic acids is 1. The molecule has 0 unspecified atom stereocenters. The van der Waals surface area contributed by atoms with Crippen LogP contribution in [0, 0.1) is 0 Å². The van der Waals surface area contributed by atoms with Gasteiger partial charge in [0.25, 0.3) is 5.91 Å². The molecule has 1 amide bonds. The van der Waals surface area contributed by atoms with E-state index in [2.05, 4.69) is 0 Å². The number of rotatable bonds is 7. The number of sulfone groups is 1. The number of hydrogen-bond donors (Lipinski definition) is 0. The fourth-order valence-electron chi connectivity index (χ4n) is 3.79. The van der Waals surface area contributed by atoms with Crippen LogP contribution in [0.4, 0.5) is 0 Å². The summed E-state index contributed by atoms with van der Waals surface area (Å²) in [5.41, 5.74) is 2.20. The van der Waals surface area contributed by atoms with Crippen LogP contribution in [0.2, 0.25) is 0 Å². The van der Waals surface area contributed by atoms with Gasteiger partial charge in [0.2, 0.25) is 0 Å². The van der Waals surface area contributed by atoms with Crippen LogP contribution in [0.25, 0.3) is 11.1 Å². The van der Waals surface area contributed by atoms with Gasteiger partial charge in [-0.15, -0.1) is 0 Å². The predicted octanol–water partition coefficient (Wildman–Crippen LogP) is 3.93. The summed E-state index contributed by atoms with van der Waals surface area (Å²) in [6, 6.07) is 21.0. The van der Waals surface area contributed by atoms with Gasteiger partial charge < -0.3 is 14.1 Å². The quantitative estimate of drug-likeness (QED) is 0.557. The maximum Gasteiger partial charge on any atom is 0.260 e. The Morgan fingerprint density at radius 3 is 2.26 bits per heavy atom. The number of nitrogens with zero attached hydrogens (tertiary/aromatic N) is 1. The van der Waals surface area contributed by atoms with Gasteiger partial charge in [-0.25, -0.2) is 8.42 Å². The molecule has 1 aliphatic rings. The third kappa shape index (κ3) is 5.35. The van der Waals surface area contributed by atoms with Crippen LogP contribution in [0.3, 0.4) is 0 Å². The SMILES string of the molecule is O=C(COc1ccc(-c2ccccc2)cc1)N1CCC(S(=O)(=O)Cc2ccco2)CC1. The van der Waals surface area contributed by atoms with Crippen LogP contribution in [0.5, 0.6) is 5.75 Å². The number of ether oxygens (including phenoxy) is 1. The average Bonchev–Trinajstić information content (AvgIpc) is 3.31. The van der Waals surface area contributed by atoms with E-state index in [1.54, 1.807) is 17.0 Å². The Labute approximate surface area is 182 Å². The van der Waals surface area contributed by atoms with Crippen molar-refractivity contribution in [2.24, 2.45) is 0 Å². The highest BCUT2D eigenvalue weighted by Crippen LogP contribution is 2.24. The number of carbonyl (C=O) groups is 1. The summed E-state index contributed by atoms with van der Waals surface area (Å²) in [4.78, 5) is 14.2. The first-order chi connectivity index (χ1) is 15.0. The van der Waals surface area contributed by atoms with Gasteiger partial charge in [0, 0.05) is 13.1 Å². The Hall–Kier alpha value is -3.06. The molecule has 1 aromatic heterocycles. The van der Waals surface area contributed by atoms with E-state index < -0.39 is 15.1 Å². The summed E-state index contributed by atoms with van der Waals surface area (Å²) in [6.07, 6.45) is 2.34. The highest BCUT2D eigenvalue weighted by atomic mass is 32.2. The maximum absolute atomic E-state index is 12.6. The molecule has 1 aliphatic heterocycles. The lowest BCUT2D eigenvalue weighted by Gasteiger charge is -2.31. The lowest BCUT2D eigenvalue weighted by molar-refractivity contribution is -0.134. The Kier molecular flexibility index (Phi) is 6.42. The zero-order valence-corrected chi connectivity index (χ0v) is 18.0. The second kappa shape index (κ2) is 9.39. The Morgan fingerprint density at radius 2 is 1.61 bits per heavy atom. The summed E-state index contributed by atoms with van der Waals surface area (Å²) in [7, 11) is -3.30. The van der Waals surface area contributed by atoms with Crippen LogP contribution in [-0.2, 0) is 20.4 Å². The van der Waals surface area contributed by atoms with Crippen molar-refractivity contribution in [2.75, 3.05) is 19.7 Å². The van der Waals surface area contributed by atoms with Gasteiger partial charge in [-0.1, -0.05) is 42.5 Å². The second-order valence-corrected chi connectivity index (χ2v) is 9.93. The van der Waals surface area contributed by atoms with Crippen LogP contribution < -0.4 is 4.74 Å². The summed E-state index contributed by atoms with van der Waals surface area (Å²) in [5, 5.41) is -0.451. The molecule has 4 rings (SSSR count). The van der Waals surface area contributed by atoms with Gasteiger partial charge in [0.15, 0.2) is 16.4 Å². The summed E-state index contributed by atoms with van der Waals surface area (Å²) < 4.78 is 36.0. The van der Waals surface area contributed by atoms with Crippen LogP contribution in [0.15, 0.2) is 77.4 Å². The third-order valence-electron chi connectivity index (χ3n) is 5.55. The lowest BCUT2D eigenvalue weighted by Crippen LogP contribution is -2.44. The number of benzene rings is 2. The molecule has 3 aromatic rings. The predicted molar refractivity (Wildman–Crippen MR) is 118 cm³/mol. The van der Waals surface area contributed by atoms with Crippen molar-refractivity contribution in [1.29, 1.82) is 0 Å². The third-order valence-corrected chi connectivity index (χ3v) is 7.72. The summed E-state index contributed by atoms with van der Waals surface area (Å²) in [5.74, 6) is 0.851. The molecule has 162 valence electrons. The minimum absolute atomic E-state index is 0.0610. The lowest BCUT2D eigenvalue weighted by atomic mass is 10.1. The molecule has 31 heavy (non-hydrogen) atoms. The fourth-order valence-corrected chi connectivity index (χ4v) is 5.51. The molecule has 2 heterocycles. The Morgan fingerprint density at radius 1 is 0.935 bits per heavy atom. The number of hydrogen-bond acceptors (Lipinski definition) is 5. The van der Waals surface area contributed by atoms with Gasteiger partial charge in [0.1, 0.15) is 17.3 Å². The molecule has 1 saturated heterocycles. The van der Waals surface area contributed by atoms with E-state index in [1.807, 2.05) is 54.6 Å². The smallest absolute Gasteiger partial charge is 0.260 e. The number of piperidine rings is 1. The largest absolute Gasteiger partial charge is 0.484 e. The first-order valence-corrected chi connectivity index (χ1v) is 12.0. The van der Waals surface area contributed by atoms with Crippen LogP contribution in [-0.4, -0.2) is 44.2 Å². The topological polar surface area (TPSA) is 76.8 Å². The molecule has 0 N–H and O–H groups in total. The van der Waals surface area contributed by atoms with Gasteiger partial charge >= 0.3 is 0 Å². The van der Waals surface area contributed by atoms with E-state index in [9.17, 15) is 13.2 Å². The maximum atomic E-state index is 12.6. The van der Waals surface area contributed by atoms with E-state index in [0.29, 0.717) is 37.4 Å². The van der Waals surface area contributed by atoms with Gasteiger partial charge in [-0.2, -0.15) is 0 Å². The van der Waals surface area contributed by atoms with Crippen molar-refractivity contribution in [3.8, 4) is 16.9 Å². The second-order valence-electron chi connectivity index (χ2n) is 7.65.